The highest BCUT2D eigenvalue weighted by atomic mass is 35.5. The first-order valence-electron chi connectivity index (χ1n) is 11.9. The summed E-state index contributed by atoms with van der Waals surface area (Å²) in [6.07, 6.45) is 11.4. The summed E-state index contributed by atoms with van der Waals surface area (Å²) >= 11 is 6.06. The van der Waals surface area contributed by atoms with E-state index in [2.05, 4.69) is 10.5 Å². The number of carbonyl (C=O) groups excluding carboxylic acids is 1. The molecule has 1 atom stereocenters. The number of nitrogens with zero attached hydrogens (tertiary/aromatic N) is 1. The molecule has 4 nitrogen and oxygen atoms in total. The zero-order valence-corrected chi connectivity index (χ0v) is 19.7. The Morgan fingerprint density at radius 1 is 1.03 bits per heavy atom. The number of hydrogen-bond donors (Lipinski definition) is 1. The van der Waals surface area contributed by atoms with Crippen LogP contribution in [0.25, 0.3) is 0 Å². The molecule has 0 radical (unpaired) electrons. The summed E-state index contributed by atoms with van der Waals surface area (Å²) < 4.78 is 5.84. The highest BCUT2D eigenvalue weighted by molar-refractivity contribution is 6.31. The second-order valence-electron chi connectivity index (χ2n) is 9.19. The van der Waals surface area contributed by atoms with Gasteiger partial charge in [-0.25, -0.2) is 5.43 Å². The summed E-state index contributed by atoms with van der Waals surface area (Å²) in [6, 6.07) is 13.2. The third-order valence-corrected chi connectivity index (χ3v) is 7.32. The molecule has 0 saturated heterocycles. The lowest BCUT2D eigenvalue weighted by Gasteiger charge is -2.33. The van der Waals surface area contributed by atoms with Crippen molar-refractivity contribution in [2.45, 2.75) is 71.3 Å². The third kappa shape index (κ3) is 5.92. The van der Waals surface area contributed by atoms with Crippen molar-refractivity contribution in [3.8, 4) is 5.75 Å². The van der Waals surface area contributed by atoms with Gasteiger partial charge in [-0.3, -0.25) is 4.79 Å². The number of benzene rings is 2. The van der Waals surface area contributed by atoms with Crippen LogP contribution < -0.4 is 10.2 Å². The highest BCUT2D eigenvalue weighted by Crippen LogP contribution is 2.36. The Hall–Kier alpha value is -2.33. The van der Waals surface area contributed by atoms with Crippen LogP contribution in [-0.2, 0) is 6.61 Å². The lowest BCUT2D eigenvalue weighted by atomic mass is 9.72. The zero-order chi connectivity index (χ0) is 22.3. The molecule has 0 aliphatic heterocycles. The van der Waals surface area contributed by atoms with Crippen LogP contribution in [0.4, 0.5) is 0 Å². The minimum absolute atomic E-state index is 0.147. The fourth-order valence-electron chi connectivity index (χ4n) is 5.02. The van der Waals surface area contributed by atoms with Gasteiger partial charge in [-0.15, -0.1) is 0 Å². The smallest absolute Gasteiger partial charge is 0.271 e. The van der Waals surface area contributed by atoms with Crippen molar-refractivity contribution in [2.75, 3.05) is 0 Å². The third-order valence-electron chi connectivity index (χ3n) is 6.90. The minimum atomic E-state index is -0.147. The first kappa shape index (κ1) is 22.8. The van der Waals surface area contributed by atoms with Crippen molar-refractivity contribution in [2.24, 2.45) is 16.9 Å². The summed E-state index contributed by atoms with van der Waals surface area (Å²) in [5.41, 5.74) is 6.65. The number of halogens is 1. The molecule has 2 fully saturated rings. The first-order valence-corrected chi connectivity index (χ1v) is 12.3. The minimum Gasteiger partial charge on any atom is -0.489 e. The molecule has 32 heavy (non-hydrogen) atoms. The molecule has 2 aliphatic rings. The van der Waals surface area contributed by atoms with Gasteiger partial charge < -0.3 is 4.74 Å². The number of hydrogen-bond acceptors (Lipinski definition) is 3. The van der Waals surface area contributed by atoms with Crippen LogP contribution in [0.1, 0.15) is 79.3 Å². The molecule has 1 unspecified atom stereocenters. The van der Waals surface area contributed by atoms with Crippen LogP contribution in [-0.4, -0.2) is 11.6 Å². The van der Waals surface area contributed by atoms with E-state index in [1.165, 1.54) is 57.1 Å². The summed E-state index contributed by atoms with van der Waals surface area (Å²) in [6.45, 7) is 2.39. The lowest BCUT2D eigenvalue weighted by molar-refractivity contribution is 0.0954. The van der Waals surface area contributed by atoms with Gasteiger partial charge in [0.25, 0.3) is 5.91 Å². The molecule has 2 aromatic rings. The Morgan fingerprint density at radius 3 is 2.53 bits per heavy atom. The SMILES string of the molecule is Cc1cc(OCc2ccc(C(=O)N/N=C3/CCCCC3C3CCCCC3)cc2)ccc1Cl. The van der Waals surface area contributed by atoms with Crippen LogP contribution in [0.5, 0.6) is 5.75 Å². The summed E-state index contributed by atoms with van der Waals surface area (Å²) in [5, 5.41) is 5.34. The van der Waals surface area contributed by atoms with Gasteiger partial charge in [-0.2, -0.15) is 5.10 Å². The Bertz CT molecular complexity index is 949. The maximum Gasteiger partial charge on any atom is 0.271 e. The predicted molar refractivity (Wildman–Crippen MR) is 130 cm³/mol. The second kappa shape index (κ2) is 11.0. The van der Waals surface area contributed by atoms with Gasteiger partial charge in [-0.05, 0) is 86.4 Å². The standard InChI is InChI=1S/C27H33ClN2O2/c1-19-17-23(15-16-25(19)28)32-18-20-11-13-22(14-12-20)27(31)30-29-26-10-6-5-9-24(26)21-7-3-2-4-8-21/h11-17,21,24H,2-10,18H2,1H3,(H,30,31)/b29-26-. The first-order chi connectivity index (χ1) is 15.6. The Morgan fingerprint density at radius 2 is 1.78 bits per heavy atom. The van der Waals surface area contributed by atoms with Crippen LogP contribution >= 0.6 is 11.6 Å². The molecule has 0 heterocycles. The van der Waals surface area contributed by atoms with Crippen molar-refractivity contribution in [1.29, 1.82) is 0 Å². The number of amides is 1. The number of carbonyl (C=O) groups is 1. The van der Waals surface area contributed by atoms with E-state index in [1.807, 2.05) is 49.4 Å². The topological polar surface area (TPSA) is 50.7 Å². The van der Waals surface area contributed by atoms with Crippen LogP contribution in [0.2, 0.25) is 5.02 Å². The van der Waals surface area contributed by atoms with Crippen LogP contribution in [0.15, 0.2) is 47.6 Å². The number of rotatable bonds is 6. The fourth-order valence-corrected chi connectivity index (χ4v) is 5.14. The number of hydrazone groups is 1. The maximum atomic E-state index is 12.7. The fraction of sp³-hybridized carbons (Fsp3) is 0.481. The molecule has 170 valence electrons. The van der Waals surface area contributed by atoms with Gasteiger partial charge >= 0.3 is 0 Å². The molecule has 5 heteroatoms. The van der Waals surface area contributed by atoms with E-state index in [0.29, 0.717) is 18.1 Å². The van der Waals surface area contributed by atoms with Crippen molar-refractivity contribution in [3.63, 3.8) is 0 Å². The van der Waals surface area contributed by atoms with Crippen molar-refractivity contribution in [3.05, 3.63) is 64.2 Å². The zero-order valence-electron chi connectivity index (χ0n) is 18.9. The van der Waals surface area contributed by atoms with E-state index in [1.54, 1.807) is 0 Å². The van der Waals surface area contributed by atoms with Gasteiger partial charge in [0.1, 0.15) is 12.4 Å². The van der Waals surface area contributed by atoms with E-state index < -0.39 is 0 Å². The lowest BCUT2D eigenvalue weighted by Crippen LogP contribution is -2.31. The predicted octanol–water partition coefficient (Wildman–Crippen LogP) is 7.08. The molecule has 0 aromatic heterocycles. The largest absolute Gasteiger partial charge is 0.489 e. The van der Waals surface area contributed by atoms with Crippen molar-refractivity contribution >= 4 is 23.2 Å². The highest BCUT2D eigenvalue weighted by Gasteiger charge is 2.29. The van der Waals surface area contributed by atoms with E-state index >= 15 is 0 Å². The molecule has 2 saturated carbocycles. The number of aryl methyl sites for hydroxylation is 1. The average molecular weight is 453 g/mol. The van der Waals surface area contributed by atoms with E-state index in [-0.39, 0.29) is 5.91 Å². The number of nitrogens with one attached hydrogen (secondary N) is 1. The Kier molecular flexibility index (Phi) is 7.85. The van der Waals surface area contributed by atoms with Crippen molar-refractivity contribution < 1.29 is 9.53 Å². The summed E-state index contributed by atoms with van der Waals surface area (Å²) in [4.78, 5) is 12.7. The van der Waals surface area contributed by atoms with E-state index in [9.17, 15) is 4.79 Å². The van der Waals surface area contributed by atoms with Gasteiger partial charge in [0.2, 0.25) is 0 Å². The molecule has 4 rings (SSSR count). The molecule has 1 amide bonds. The van der Waals surface area contributed by atoms with Gasteiger partial charge in [0.15, 0.2) is 0 Å². The second-order valence-corrected chi connectivity index (χ2v) is 9.60. The number of ether oxygens (including phenoxy) is 1. The maximum absolute atomic E-state index is 12.7. The molecular weight excluding hydrogens is 420 g/mol. The summed E-state index contributed by atoms with van der Waals surface area (Å²) in [7, 11) is 0. The molecule has 0 bridgehead atoms. The van der Waals surface area contributed by atoms with Gasteiger partial charge in [0.05, 0.1) is 0 Å². The molecule has 0 spiro atoms. The molecule has 2 aliphatic carbocycles. The molecule has 2 aromatic carbocycles. The Labute approximate surface area is 196 Å². The monoisotopic (exact) mass is 452 g/mol. The van der Waals surface area contributed by atoms with E-state index in [4.69, 9.17) is 16.3 Å². The normalized spacial score (nSPS) is 20.8. The Balaban J connectivity index is 1.33. The summed E-state index contributed by atoms with van der Waals surface area (Å²) in [5.74, 6) is 1.94. The van der Waals surface area contributed by atoms with Crippen LogP contribution in [0, 0.1) is 18.8 Å². The van der Waals surface area contributed by atoms with Gasteiger partial charge in [-0.1, -0.05) is 49.4 Å². The molecular formula is C27H33ClN2O2. The quantitative estimate of drug-likeness (QED) is 0.476. The molecule has 1 N–H and O–H groups in total. The van der Waals surface area contributed by atoms with E-state index in [0.717, 1.165) is 34.2 Å². The van der Waals surface area contributed by atoms with Gasteiger partial charge in [0, 0.05) is 22.2 Å². The average Bonchev–Trinajstić information content (AvgIpc) is 2.84. The van der Waals surface area contributed by atoms with Crippen LogP contribution in [0.3, 0.4) is 0 Å². The van der Waals surface area contributed by atoms with Crippen molar-refractivity contribution in [1.82, 2.24) is 5.43 Å².